The molecule has 2 aliphatic rings. The van der Waals surface area contributed by atoms with Crippen LogP contribution in [-0.2, 0) is 5.41 Å². The summed E-state index contributed by atoms with van der Waals surface area (Å²) >= 11 is 0. The van der Waals surface area contributed by atoms with Gasteiger partial charge in [-0.25, -0.2) is 0 Å². The molecule has 24 heavy (non-hydrogen) atoms. The summed E-state index contributed by atoms with van der Waals surface area (Å²) in [6.45, 7) is 2.30. The van der Waals surface area contributed by atoms with Crippen molar-refractivity contribution in [1.29, 1.82) is 0 Å². The van der Waals surface area contributed by atoms with Crippen molar-refractivity contribution in [3.05, 3.63) is 29.8 Å². The smallest absolute Gasteiger partial charge is 0.115 e. The average molecular weight is 329 g/mol. The van der Waals surface area contributed by atoms with Crippen molar-refractivity contribution in [2.24, 2.45) is 11.8 Å². The predicted octanol–water partition coefficient (Wildman–Crippen LogP) is 6.98. The molecule has 0 aromatic heterocycles. The van der Waals surface area contributed by atoms with Gasteiger partial charge in [0.2, 0.25) is 0 Å². The Bertz CT molecular complexity index is 475. The zero-order valence-corrected chi connectivity index (χ0v) is 15.6. The molecule has 1 aromatic rings. The van der Waals surface area contributed by atoms with Gasteiger partial charge in [-0.1, -0.05) is 70.4 Å². The number of rotatable bonds is 6. The largest absolute Gasteiger partial charge is 0.508 e. The van der Waals surface area contributed by atoms with Crippen LogP contribution in [0.2, 0.25) is 0 Å². The topological polar surface area (TPSA) is 20.2 Å². The number of unbranched alkanes of at least 4 members (excludes halogenated alkanes) is 2. The van der Waals surface area contributed by atoms with Crippen molar-refractivity contribution < 1.29 is 5.11 Å². The highest BCUT2D eigenvalue weighted by molar-refractivity contribution is 5.32. The number of phenols is 1. The Morgan fingerprint density at radius 3 is 2.12 bits per heavy atom. The van der Waals surface area contributed by atoms with Gasteiger partial charge < -0.3 is 5.11 Å². The van der Waals surface area contributed by atoms with Crippen LogP contribution in [0.4, 0.5) is 0 Å². The number of hydrogen-bond acceptors (Lipinski definition) is 1. The highest BCUT2D eigenvalue weighted by Crippen LogP contribution is 2.49. The van der Waals surface area contributed by atoms with E-state index in [9.17, 15) is 5.11 Å². The van der Waals surface area contributed by atoms with Crippen molar-refractivity contribution in [3.63, 3.8) is 0 Å². The molecule has 0 saturated heterocycles. The zero-order valence-electron chi connectivity index (χ0n) is 15.6. The summed E-state index contributed by atoms with van der Waals surface area (Å²) in [4.78, 5) is 0. The summed E-state index contributed by atoms with van der Waals surface area (Å²) < 4.78 is 0. The molecule has 0 radical (unpaired) electrons. The molecule has 2 aliphatic carbocycles. The van der Waals surface area contributed by atoms with Gasteiger partial charge in [-0.15, -0.1) is 0 Å². The van der Waals surface area contributed by atoms with E-state index in [1.165, 1.54) is 89.0 Å². The molecule has 2 fully saturated rings. The lowest BCUT2D eigenvalue weighted by atomic mass is 9.61. The Hall–Kier alpha value is -0.980. The van der Waals surface area contributed by atoms with Crippen LogP contribution >= 0.6 is 0 Å². The first-order valence-corrected chi connectivity index (χ1v) is 10.5. The molecular formula is C23H36O. The minimum Gasteiger partial charge on any atom is -0.508 e. The molecule has 0 amide bonds. The van der Waals surface area contributed by atoms with Gasteiger partial charge in [0.25, 0.3) is 0 Å². The third-order valence-electron chi connectivity index (χ3n) is 7.04. The van der Waals surface area contributed by atoms with E-state index in [4.69, 9.17) is 0 Å². The van der Waals surface area contributed by atoms with Crippen LogP contribution < -0.4 is 0 Å². The van der Waals surface area contributed by atoms with Crippen molar-refractivity contribution in [2.45, 2.75) is 95.8 Å². The molecule has 3 rings (SSSR count). The van der Waals surface area contributed by atoms with Crippen molar-refractivity contribution in [3.8, 4) is 5.75 Å². The summed E-state index contributed by atoms with van der Waals surface area (Å²) in [5.41, 5.74) is 1.87. The molecule has 134 valence electrons. The maximum absolute atomic E-state index is 9.67. The molecule has 0 bridgehead atoms. The van der Waals surface area contributed by atoms with Crippen LogP contribution in [0.25, 0.3) is 0 Å². The first-order valence-electron chi connectivity index (χ1n) is 10.5. The second-order valence-electron chi connectivity index (χ2n) is 8.52. The summed E-state index contributed by atoms with van der Waals surface area (Å²) in [5, 5.41) is 9.67. The monoisotopic (exact) mass is 328 g/mol. The lowest BCUT2D eigenvalue weighted by Gasteiger charge is -2.44. The van der Waals surface area contributed by atoms with Crippen molar-refractivity contribution in [2.75, 3.05) is 0 Å². The predicted molar refractivity (Wildman–Crippen MR) is 102 cm³/mol. The molecule has 2 saturated carbocycles. The summed E-state index contributed by atoms with van der Waals surface area (Å²) in [6, 6.07) is 8.18. The van der Waals surface area contributed by atoms with Crippen molar-refractivity contribution >= 4 is 0 Å². The lowest BCUT2D eigenvalue weighted by Crippen LogP contribution is -2.34. The number of phenolic OH excluding ortho intramolecular Hbond substituents is 1. The highest BCUT2D eigenvalue weighted by Gasteiger charge is 2.38. The number of benzene rings is 1. The van der Waals surface area contributed by atoms with Gasteiger partial charge in [0.1, 0.15) is 5.75 Å². The molecule has 0 spiro atoms. The first kappa shape index (κ1) is 17.8. The molecule has 0 heterocycles. The average Bonchev–Trinajstić information content (AvgIpc) is 2.64. The van der Waals surface area contributed by atoms with Crippen LogP contribution in [-0.4, -0.2) is 5.11 Å². The fourth-order valence-electron chi connectivity index (χ4n) is 5.48. The van der Waals surface area contributed by atoms with Crippen LogP contribution in [0.1, 0.15) is 96.0 Å². The number of aromatic hydroxyl groups is 1. The molecular weight excluding hydrogens is 292 g/mol. The van der Waals surface area contributed by atoms with E-state index in [1.807, 2.05) is 12.1 Å². The van der Waals surface area contributed by atoms with E-state index in [0.717, 1.165) is 11.8 Å². The third kappa shape index (κ3) is 4.16. The van der Waals surface area contributed by atoms with Gasteiger partial charge in [-0.3, -0.25) is 0 Å². The minimum absolute atomic E-state index is 0.383. The Labute approximate surface area is 148 Å². The van der Waals surface area contributed by atoms with E-state index in [1.54, 1.807) is 0 Å². The normalized spacial score (nSPS) is 28.8. The van der Waals surface area contributed by atoms with Crippen molar-refractivity contribution in [1.82, 2.24) is 0 Å². The molecule has 0 unspecified atom stereocenters. The summed E-state index contributed by atoms with van der Waals surface area (Å²) in [6.07, 6.45) is 18.3. The van der Waals surface area contributed by atoms with Gasteiger partial charge in [0.05, 0.1) is 0 Å². The summed E-state index contributed by atoms with van der Waals surface area (Å²) in [5.74, 6) is 2.41. The quantitative estimate of drug-likeness (QED) is 0.558. The molecule has 0 aliphatic heterocycles. The number of hydrogen-bond donors (Lipinski definition) is 1. The molecule has 0 atom stereocenters. The first-order chi connectivity index (χ1) is 11.7. The molecule has 1 heteroatoms. The molecule has 1 nitrogen and oxygen atoms in total. The fourth-order valence-corrected chi connectivity index (χ4v) is 5.48. The van der Waals surface area contributed by atoms with Gasteiger partial charge >= 0.3 is 0 Å². The maximum atomic E-state index is 9.67. The van der Waals surface area contributed by atoms with Gasteiger partial charge in [0.15, 0.2) is 0 Å². The molecule has 1 N–H and O–H groups in total. The van der Waals surface area contributed by atoms with Crippen LogP contribution in [0, 0.1) is 11.8 Å². The highest BCUT2D eigenvalue weighted by atomic mass is 16.3. The Morgan fingerprint density at radius 2 is 1.50 bits per heavy atom. The second kappa shape index (κ2) is 8.41. The molecule has 1 aromatic carbocycles. The minimum atomic E-state index is 0.383. The van der Waals surface area contributed by atoms with Crippen LogP contribution in [0.5, 0.6) is 5.75 Å². The van der Waals surface area contributed by atoms with Gasteiger partial charge in [-0.05, 0) is 67.1 Å². The van der Waals surface area contributed by atoms with Gasteiger partial charge in [0, 0.05) is 0 Å². The fraction of sp³-hybridized carbons (Fsp3) is 0.739. The van der Waals surface area contributed by atoms with Gasteiger partial charge in [-0.2, -0.15) is 0 Å². The van der Waals surface area contributed by atoms with E-state index < -0.39 is 0 Å². The van der Waals surface area contributed by atoms with Crippen LogP contribution in [0.15, 0.2) is 24.3 Å². The lowest BCUT2D eigenvalue weighted by molar-refractivity contribution is 0.141. The van der Waals surface area contributed by atoms with E-state index in [2.05, 4.69) is 19.1 Å². The van der Waals surface area contributed by atoms with E-state index in [0.29, 0.717) is 11.2 Å². The standard InChI is InChI=1S/C23H36O/c1-2-3-7-16-23(21-10-12-22(24)13-11-21)17-14-20(15-18-23)19-8-5-4-6-9-19/h10-13,19-20,24H,2-9,14-18H2,1H3. The Kier molecular flexibility index (Phi) is 6.25. The second-order valence-corrected chi connectivity index (χ2v) is 8.52. The Balaban J connectivity index is 1.68. The third-order valence-corrected chi connectivity index (χ3v) is 7.04. The Morgan fingerprint density at radius 1 is 0.875 bits per heavy atom. The summed E-state index contributed by atoms with van der Waals surface area (Å²) in [7, 11) is 0. The van der Waals surface area contributed by atoms with E-state index >= 15 is 0 Å². The SMILES string of the molecule is CCCCCC1(c2ccc(O)cc2)CCC(C2CCCCC2)CC1. The maximum Gasteiger partial charge on any atom is 0.115 e. The zero-order chi connectivity index (χ0) is 16.8. The van der Waals surface area contributed by atoms with E-state index in [-0.39, 0.29) is 0 Å². The van der Waals surface area contributed by atoms with Crippen LogP contribution in [0.3, 0.4) is 0 Å².